The van der Waals surface area contributed by atoms with Gasteiger partial charge in [-0.2, -0.15) is 0 Å². The normalized spacial score (nSPS) is 10.0. The van der Waals surface area contributed by atoms with Crippen molar-refractivity contribution in [3.05, 3.63) is 59.7 Å². The van der Waals surface area contributed by atoms with Crippen molar-refractivity contribution >= 4 is 23.7 Å². The molecule has 0 spiro atoms. The lowest BCUT2D eigenvalue weighted by Crippen LogP contribution is -1.87. The first kappa shape index (κ1) is 15.5. The SMILES string of the molecule is COc1ccccc1-c1nc(-c2ccc(F)cc2)cs1.Cl. The first-order valence-electron chi connectivity index (χ1n) is 6.13. The van der Waals surface area contributed by atoms with Crippen LogP contribution < -0.4 is 4.74 Å². The number of benzene rings is 2. The average molecular weight is 322 g/mol. The lowest BCUT2D eigenvalue weighted by molar-refractivity contribution is 0.416. The van der Waals surface area contributed by atoms with Gasteiger partial charge in [0.15, 0.2) is 0 Å². The van der Waals surface area contributed by atoms with Gasteiger partial charge in [0.05, 0.1) is 18.4 Å². The number of halogens is 2. The third-order valence-corrected chi connectivity index (χ3v) is 3.86. The van der Waals surface area contributed by atoms with Crippen LogP contribution in [-0.4, -0.2) is 12.1 Å². The number of methoxy groups -OCH3 is 1. The van der Waals surface area contributed by atoms with Gasteiger partial charge in [-0.25, -0.2) is 9.37 Å². The van der Waals surface area contributed by atoms with E-state index in [1.54, 1.807) is 30.6 Å². The summed E-state index contributed by atoms with van der Waals surface area (Å²) in [5.74, 6) is 0.557. The van der Waals surface area contributed by atoms with E-state index in [0.29, 0.717) is 0 Å². The highest BCUT2D eigenvalue weighted by atomic mass is 35.5. The predicted octanol–water partition coefficient (Wildman–Crippen LogP) is 5.05. The first-order valence-corrected chi connectivity index (χ1v) is 7.01. The fourth-order valence-corrected chi connectivity index (χ4v) is 2.83. The van der Waals surface area contributed by atoms with Gasteiger partial charge in [0.25, 0.3) is 0 Å². The molecule has 21 heavy (non-hydrogen) atoms. The molecule has 1 heterocycles. The highest BCUT2D eigenvalue weighted by Gasteiger charge is 2.10. The van der Waals surface area contributed by atoms with Crippen molar-refractivity contribution < 1.29 is 9.13 Å². The van der Waals surface area contributed by atoms with E-state index in [1.165, 1.54) is 12.1 Å². The third-order valence-electron chi connectivity index (χ3n) is 2.98. The molecule has 0 aliphatic heterocycles. The fraction of sp³-hybridized carbons (Fsp3) is 0.0625. The maximum Gasteiger partial charge on any atom is 0.129 e. The van der Waals surface area contributed by atoms with Crippen LogP contribution in [-0.2, 0) is 0 Å². The largest absolute Gasteiger partial charge is 0.496 e. The molecule has 0 fully saturated rings. The number of hydrogen-bond donors (Lipinski definition) is 0. The summed E-state index contributed by atoms with van der Waals surface area (Å²) in [5, 5.41) is 2.86. The second kappa shape index (κ2) is 6.70. The Kier molecular flexibility index (Phi) is 4.94. The van der Waals surface area contributed by atoms with Crippen LogP contribution in [0.5, 0.6) is 5.75 Å². The molecular formula is C16H13ClFNOS. The molecule has 0 amide bonds. The van der Waals surface area contributed by atoms with Crippen molar-refractivity contribution in [2.24, 2.45) is 0 Å². The Labute approximate surface area is 132 Å². The van der Waals surface area contributed by atoms with Gasteiger partial charge in [0.1, 0.15) is 16.6 Å². The summed E-state index contributed by atoms with van der Waals surface area (Å²) >= 11 is 1.55. The van der Waals surface area contributed by atoms with E-state index in [0.717, 1.165) is 27.6 Å². The maximum atomic E-state index is 12.9. The fourth-order valence-electron chi connectivity index (χ4n) is 1.97. The summed E-state index contributed by atoms with van der Waals surface area (Å²) in [5.41, 5.74) is 2.72. The summed E-state index contributed by atoms with van der Waals surface area (Å²) in [6.45, 7) is 0. The molecule has 3 rings (SSSR count). The molecule has 0 aliphatic rings. The number of rotatable bonds is 3. The zero-order chi connectivity index (χ0) is 13.9. The second-order valence-electron chi connectivity index (χ2n) is 4.25. The third kappa shape index (κ3) is 3.23. The standard InChI is InChI=1S/C16H12FNOS.ClH/c1-19-15-5-3-2-4-13(15)16-18-14(10-20-16)11-6-8-12(17)9-7-11;/h2-10H,1H3;1H. The second-order valence-corrected chi connectivity index (χ2v) is 5.10. The number of para-hydroxylation sites is 1. The molecule has 3 aromatic rings. The van der Waals surface area contributed by atoms with Gasteiger partial charge >= 0.3 is 0 Å². The number of ether oxygens (including phenoxy) is 1. The minimum absolute atomic E-state index is 0. The molecule has 0 unspecified atom stereocenters. The van der Waals surface area contributed by atoms with Crippen molar-refractivity contribution in [3.63, 3.8) is 0 Å². The molecule has 108 valence electrons. The van der Waals surface area contributed by atoms with Gasteiger partial charge in [-0.3, -0.25) is 0 Å². The lowest BCUT2D eigenvalue weighted by atomic mass is 10.1. The summed E-state index contributed by atoms with van der Waals surface area (Å²) in [4.78, 5) is 4.61. The van der Waals surface area contributed by atoms with E-state index in [2.05, 4.69) is 4.98 Å². The Morgan fingerprint density at radius 3 is 2.48 bits per heavy atom. The van der Waals surface area contributed by atoms with E-state index < -0.39 is 0 Å². The Morgan fingerprint density at radius 1 is 1.05 bits per heavy atom. The smallest absolute Gasteiger partial charge is 0.129 e. The molecule has 0 saturated heterocycles. The Morgan fingerprint density at radius 2 is 1.76 bits per heavy atom. The first-order chi connectivity index (χ1) is 9.78. The summed E-state index contributed by atoms with van der Waals surface area (Å²) < 4.78 is 18.3. The number of hydrogen-bond acceptors (Lipinski definition) is 3. The lowest BCUT2D eigenvalue weighted by Gasteiger charge is -2.04. The highest BCUT2D eigenvalue weighted by molar-refractivity contribution is 7.13. The summed E-state index contributed by atoms with van der Waals surface area (Å²) in [6.07, 6.45) is 0. The molecule has 5 heteroatoms. The van der Waals surface area contributed by atoms with Crippen molar-refractivity contribution in [1.82, 2.24) is 4.98 Å². The van der Waals surface area contributed by atoms with Crippen LogP contribution in [0.25, 0.3) is 21.8 Å². The van der Waals surface area contributed by atoms with E-state index >= 15 is 0 Å². The van der Waals surface area contributed by atoms with Crippen LogP contribution >= 0.6 is 23.7 Å². The Bertz CT molecular complexity index is 727. The molecule has 2 nitrogen and oxygen atoms in total. The number of thiazole rings is 1. The molecule has 0 saturated carbocycles. The summed E-state index contributed by atoms with van der Waals surface area (Å²) in [7, 11) is 1.65. The van der Waals surface area contributed by atoms with E-state index in [1.807, 2.05) is 29.6 Å². The van der Waals surface area contributed by atoms with Crippen LogP contribution in [0.1, 0.15) is 0 Å². The zero-order valence-electron chi connectivity index (χ0n) is 11.2. The van der Waals surface area contributed by atoms with Gasteiger partial charge in [0, 0.05) is 10.9 Å². The van der Waals surface area contributed by atoms with Crippen LogP contribution in [0, 0.1) is 5.82 Å². The quantitative estimate of drug-likeness (QED) is 0.673. The van der Waals surface area contributed by atoms with Crippen molar-refractivity contribution in [2.75, 3.05) is 7.11 Å². The molecular weight excluding hydrogens is 309 g/mol. The van der Waals surface area contributed by atoms with Crippen molar-refractivity contribution in [1.29, 1.82) is 0 Å². The van der Waals surface area contributed by atoms with Gasteiger partial charge in [-0.15, -0.1) is 23.7 Å². The van der Waals surface area contributed by atoms with Crippen LogP contribution in [0.4, 0.5) is 4.39 Å². The molecule has 0 atom stereocenters. The van der Waals surface area contributed by atoms with E-state index in [9.17, 15) is 4.39 Å². The van der Waals surface area contributed by atoms with Crippen LogP contribution in [0.3, 0.4) is 0 Å². The van der Waals surface area contributed by atoms with Crippen molar-refractivity contribution in [3.8, 4) is 27.6 Å². The van der Waals surface area contributed by atoms with Gasteiger partial charge in [-0.05, 0) is 36.4 Å². The zero-order valence-corrected chi connectivity index (χ0v) is 12.9. The van der Waals surface area contributed by atoms with Gasteiger partial charge in [-0.1, -0.05) is 12.1 Å². The van der Waals surface area contributed by atoms with Gasteiger partial charge < -0.3 is 4.74 Å². The van der Waals surface area contributed by atoms with Crippen LogP contribution in [0.15, 0.2) is 53.9 Å². The average Bonchev–Trinajstić information content (AvgIpc) is 2.97. The monoisotopic (exact) mass is 321 g/mol. The molecule has 0 N–H and O–H groups in total. The highest BCUT2D eigenvalue weighted by Crippen LogP contribution is 2.34. The van der Waals surface area contributed by atoms with E-state index in [4.69, 9.17) is 4.74 Å². The molecule has 2 aromatic carbocycles. The number of nitrogens with zero attached hydrogens (tertiary/aromatic N) is 1. The minimum atomic E-state index is -0.242. The van der Waals surface area contributed by atoms with E-state index in [-0.39, 0.29) is 18.2 Å². The minimum Gasteiger partial charge on any atom is -0.496 e. The molecule has 0 radical (unpaired) electrons. The maximum absolute atomic E-state index is 12.9. The van der Waals surface area contributed by atoms with Crippen molar-refractivity contribution in [2.45, 2.75) is 0 Å². The topological polar surface area (TPSA) is 22.1 Å². The Hall–Kier alpha value is -1.91. The van der Waals surface area contributed by atoms with Crippen LogP contribution in [0.2, 0.25) is 0 Å². The molecule has 0 bridgehead atoms. The molecule has 1 aromatic heterocycles. The predicted molar refractivity (Wildman–Crippen MR) is 86.7 cm³/mol. The summed E-state index contributed by atoms with van der Waals surface area (Å²) in [6, 6.07) is 14.1. The molecule has 0 aliphatic carbocycles. The van der Waals surface area contributed by atoms with Gasteiger partial charge in [0.2, 0.25) is 0 Å². The number of aromatic nitrogens is 1. The Balaban J connectivity index is 0.00000161.